The summed E-state index contributed by atoms with van der Waals surface area (Å²) in [6, 6.07) is 0. The maximum absolute atomic E-state index is 13.1. The minimum atomic E-state index is -1.06. The Morgan fingerprint density at radius 3 is 1.89 bits per heavy atom. The predicted molar refractivity (Wildman–Crippen MR) is 190 cm³/mol. The number of carbonyl (C=O) groups excluding carboxylic acids is 3. The van der Waals surface area contributed by atoms with Crippen molar-refractivity contribution < 1.29 is 29.0 Å². The van der Waals surface area contributed by atoms with Gasteiger partial charge in [-0.3, -0.25) is 14.4 Å². The maximum atomic E-state index is 13.1. The Bertz CT molecular complexity index is 1480. The van der Waals surface area contributed by atoms with Gasteiger partial charge in [-0.05, 0) is 64.5 Å². The van der Waals surface area contributed by atoms with Crippen molar-refractivity contribution in [1.29, 1.82) is 0 Å². The molecule has 3 aliphatic rings. The molecule has 2 aliphatic carbocycles. The smallest absolute Gasteiger partial charge is 0.302 e. The molecule has 1 aliphatic heterocycles. The Morgan fingerprint density at radius 1 is 0.809 bits per heavy atom. The summed E-state index contributed by atoms with van der Waals surface area (Å²) in [5, 5.41) is 11.2. The SMILES string of the molecule is CC(=O)O[C@H]1CC(C)(C)\C(=C/C(C)=C/C=C/C(C)=C/C=C/C=C(C)/C=C/C=C(\C)C(=O)C[C@@]23O[C@]2(C)CC(=O)CC3(C)C)[C@](C)(O)C1. The molecule has 0 aromatic carbocycles. The van der Waals surface area contributed by atoms with Gasteiger partial charge in [-0.25, -0.2) is 0 Å². The van der Waals surface area contributed by atoms with Gasteiger partial charge in [0.1, 0.15) is 23.1 Å². The molecule has 0 radical (unpaired) electrons. The number of carbonyl (C=O) groups is 3. The van der Waals surface area contributed by atoms with E-state index in [0.29, 0.717) is 37.7 Å². The van der Waals surface area contributed by atoms with Crippen LogP contribution in [-0.2, 0) is 23.9 Å². The summed E-state index contributed by atoms with van der Waals surface area (Å²) in [4.78, 5) is 36.7. The Kier molecular flexibility index (Phi) is 11.7. The molecule has 0 spiro atoms. The lowest BCUT2D eigenvalue weighted by Crippen LogP contribution is -2.47. The summed E-state index contributed by atoms with van der Waals surface area (Å²) in [6.07, 6.45) is 23.7. The standard InChI is InChI=1S/C41H56O6/c1-28(18-14-20-30(3)22-36-37(6,7)25-34(46-32(5)42)26-39(36,10)45)16-12-13-17-29(2)19-15-21-31(4)35(44)27-41-38(8,9)23-33(43)24-40(41,11)47-41/h12-22,34,45H,23-27H2,1-11H3/b13-12+,18-14+,19-15+,28-16+,29-17+,30-20+,31-21+,36-22+/t34-,39+,40+,41-/m0/s1. The van der Waals surface area contributed by atoms with Gasteiger partial charge in [-0.1, -0.05) is 111 Å². The zero-order valence-electron chi connectivity index (χ0n) is 30.5. The molecule has 3 rings (SSSR count). The van der Waals surface area contributed by atoms with Gasteiger partial charge in [0, 0.05) is 38.0 Å². The van der Waals surface area contributed by atoms with E-state index in [1.807, 2.05) is 109 Å². The third kappa shape index (κ3) is 9.39. The quantitative estimate of drug-likeness (QED) is 0.105. The van der Waals surface area contributed by atoms with Crippen molar-refractivity contribution in [2.24, 2.45) is 10.8 Å². The summed E-state index contributed by atoms with van der Waals surface area (Å²) in [6.45, 7) is 21.3. The van der Waals surface area contributed by atoms with Crippen molar-refractivity contribution in [3.05, 3.63) is 94.7 Å². The second-order valence-corrected chi connectivity index (χ2v) is 15.6. The van der Waals surface area contributed by atoms with E-state index < -0.39 is 16.8 Å². The highest BCUT2D eigenvalue weighted by Crippen LogP contribution is 2.66. The van der Waals surface area contributed by atoms with Crippen LogP contribution in [0.4, 0.5) is 0 Å². The van der Waals surface area contributed by atoms with Gasteiger partial charge >= 0.3 is 5.97 Å². The molecule has 0 aromatic rings. The second kappa shape index (κ2) is 14.4. The molecule has 256 valence electrons. The van der Waals surface area contributed by atoms with Crippen LogP contribution >= 0.6 is 0 Å². The zero-order chi connectivity index (χ0) is 35.4. The number of hydrogen-bond donors (Lipinski definition) is 1. The third-order valence-electron chi connectivity index (χ3n) is 9.96. The van der Waals surface area contributed by atoms with Crippen LogP contribution in [0.15, 0.2) is 94.7 Å². The molecule has 0 unspecified atom stereocenters. The number of ether oxygens (including phenoxy) is 2. The van der Waals surface area contributed by atoms with Crippen LogP contribution in [0.2, 0.25) is 0 Å². The van der Waals surface area contributed by atoms with Crippen LogP contribution in [0.25, 0.3) is 0 Å². The molecule has 4 atom stereocenters. The van der Waals surface area contributed by atoms with E-state index >= 15 is 0 Å². The molecule has 3 fully saturated rings. The van der Waals surface area contributed by atoms with Gasteiger partial charge in [0.05, 0.1) is 5.60 Å². The van der Waals surface area contributed by atoms with E-state index in [9.17, 15) is 19.5 Å². The lowest BCUT2D eigenvalue weighted by Gasteiger charge is -2.46. The fourth-order valence-corrected chi connectivity index (χ4v) is 7.59. The summed E-state index contributed by atoms with van der Waals surface area (Å²) < 4.78 is 11.6. The van der Waals surface area contributed by atoms with Crippen LogP contribution in [0, 0.1) is 10.8 Å². The van der Waals surface area contributed by atoms with Crippen LogP contribution < -0.4 is 0 Å². The van der Waals surface area contributed by atoms with Crippen molar-refractivity contribution in [1.82, 2.24) is 0 Å². The molecule has 2 saturated carbocycles. The van der Waals surface area contributed by atoms with Gasteiger partial charge in [-0.2, -0.15) is 0 Å². The molecule has 0 aromatic heterocycles. The Labute approximate surface area is 282 Å². The maximum Gasteiger partial charge on any atom is 0.302 e. The zero-order valence-corrected chi connectivity index (χ0v) is 30.5. The molecule has 6 nitrogen and oxygen atoms in total. The predicted octanol–water partition coefficient (Wildman–Crippen LogP) is 8.75. The van der Waals surface area contributed by atoms with Crippen molar-refractivity contribution in [3.8, 4) is 0 Å². The topological polar surface area (TPSA) is 93.2 Å². The van der Waals surface area contributed by atoms with E-state index in [1.54, 1.807) is 6.92 Å². The van der Waals surface area contributed by atoms with Crippen LogP contribution in [0.5, 0.6) is 0 Å². The Hall–Kier alpha value is -3.35. The lowest BCUT2D eigenvalue weighted by molar-refractivity contribution is -0.152. The van der Waals surface area contributed by atoms with Gasteiger partial charge in [0.2, 0.25) is 0 Å². The summed E-state index contributed by atoms with van der Waals surface area (Å²) >= 11 is 0. The molecule has 1 N–H and O–H groups in total. The Balaban J connectivity index is 1.54. The monoisotopic (exact) mass is 644 g/mol. The first kappa shape index (κ1) is 38.1. The molecular weight excluding hydrogens is 588 g/mol. The van der Waals surface area contributed by atoms with Gasteiger partial charge in [0.25, 0.3) is 0 Å². The molecule has 1 saturated heterocycles. The minimum Gasteiger partial charge on any atom is -0.462 e. The fraction of sp³-hybridized carbons (Fsp3) is 0.537. The number of fused-ring (bicyclic) bond motifs is 1. The molecule has 0 amide bonds. The summed E-state index contributed by atoms with van der Waals surface area (Å²) in [7, 11) is 0. The van der Waals surface area contributed by atoms with Gasteiger partial charge < -0.3 is 14.6 Å². The number of esters is 1. The highest BCUT2D eigenvalue weighted by atomic mass is 16.6. The molecular formula is C41H56O6. The average Bonchev–Trinajstić information content (AvgIpc) is 3.52. The largest absolute Gasteiger partial charge is 0.462 e. The van der Waals surface area contributed by atoms with Crippen molar-refractivity contribution in [2.75, 3.05) is 0 Å². The van der Waals surface area contributed by atoms with Crippen LogP contribution in [-0.4, -0.2) is 45.5 Å². The number of allylic oxidation sites excluding steroid dienone is 15. The van der Waals surface area contributed by atoms with Gasteiger partial charge in [-0.15, -0.1) is 0 Å². The first-order valence-corrected chi connectivity index (χ1v) is 16.7. The number of aliphatic hydroxyl groups is 1. The number of rotatable bonds is 11. The normalized spacial score (nSPS) is 32.4. The van der Waals surface area contributed by atoms with E-state index in [4.69, 9.17) is 9.47 Å². The van der Waals surface area contributed by atoms with Crippen molar-refractivity contribution in [2.45, 2.75) is 131 Å². The van der Waals surface area contributed by atoms with E-state index in [-0.39, 0.29) is 34.5 Å². The molecule has 1 heterocycles. The second-order valence-electron chi connectivity index (χ2n) is 15.6. The summed E-state index contributed by atoms with van der Waals surface area (Å²) in [5.41, 5.74) is 1.97. The van der Waals surface area contributed by atoms with E-state index in [0.717, 1.165) is 22.3 Å². The highest BCUT2D eigenvalue weighted by Gasteiger charge is 2.76. The first-order chi connectivity index (χ1) is 21.6. The van der Waals surface area contributed by atoms with E-state index in [1.165, 1.54) is 6.92 Å². The van der Waals surface area contributed by atoms with Crippen molar-refractivity contribution in [3.63, 3.8) is 0 Å². The van der Waals surface area contributed by atoms with Gasteiger partial charge in [0.15, 0.2) is 5.78 Å². The van der Waals surface area contributed by atoms with Crippen LogP contribution in [0.1, 0.15) is 108 Å². The number of epoxide rings is 1. The first-order valence-electron chi connectivity index (χ1n) is 16.7. The van der Waals surface area contributed by atoms with Crippen molar-refractivity contribution >= 4 is 17.5 Å². The van der Waals surface area contributed by atoms with E-state index in [2.05, 4.69) is 19.9 Å². The molecule has 47 heavy (non-hydrogen) atoms. The minimum absolute atomic E-state index is 0.0526. The number of Topliss-reactive ketones (excluding diaryl/α,β-unsaturated/α-hetero) is 2. The third-order valence-corrected chi connectivity index (χ3v) is 9.96. The number of hydrogen-bond acceptors (Lipinski definition) is 6. The molecule has 0 bridgehead atoms. The Morgan fingerprint density at radius 2 is 1.36 bits per heavy atom. The van der Waals surface area contributed by atoms with Crippen LogP contribution in [0.3, 0.4) is 0 Å². The number of ketones is 2. The summed E-state index contributed by atoms with van der Waals surface area (Å²) in [5.74, 6) is -0.0591. The highest BCUT2D eigenvalue weighted by molar-refractivity contribution is 5.97. The lowest BCUT2D eigenvalue weighted by atomic mass is 9.62. The average molecular weight is 645 g/mol. The fourth-order valence-electron chi connectivity index (χ4n) is 7.59. The molecule has 6 heteroatoms.